The fourth-order valence-electron chi connectivity index (χ4n) is 0.888. The van der Waals surface area contributed by atoms with Gasteiger partial charge in [-0.05, 0) is 24.1 Å². The van der Waals surface area contributed by atoms with Crippen molar-refractivity contribution in [2.75, 3.05) is 0 Å². The molecule has 0 aliphatic rings. The van der Waals surface area contributed by atoms with Gasteiger partial charge >= 0.3 is 0 Å². The third-order valence-electron chi connectivity index (χ3n) is 1.40. The van der Waals surface area contributed by atoms with Gasteiger partial charge in [0, 0.05) is 6.42 Å². The summed E-state index contributed by atoms with van der Waals surface area (Å²) in [7, 11) is 0. The smallest absolute Gasteiger partial charge is 0.198 e. The Labute approximate surface area is 64.9 Å². The normalized spacial score (nSPS) is 9.55. The lowest BCUT2D eigenvalue weighted by molar-refractivity contribution is 0.551. The summed E-state index contributed by atoms with van der Waals surface area (Å²) < 4.78 is 12.5. The molecule has 0 fully saturated rings. The maximum atomic E-state index is 12.5. The van der Waals surface area contributed by atoms with Gasteiger partial charge in [-0.2, -0.15) is 0 Å². The standard InChI is InChI=1S/C9H8FO/c10-9-5-1-3-8(7-9)4-2-6-11/h1,3,5,7H,2,4H2. The highest BCUT2D eigenvalue weighted by Crippen LogP contribution is 2.04. The van der Waals surface area contributed by atoms with Crippen LogP contribution in [-0.2, 0) is 11.2 Å². The van der Waals surface area contributed by atoms with Crippen LogP contribution in [0.25, 0.3) is 0 Å². The lowest BCUT2D eigenvalue weighted by Gasteiger charge is -1.95. The highest BCUT2D eigenvalue weighted by Gasteiger charge is 1.93. The van der Waals surface area contributed by atoms with E-state index < -0.39 is 0 Å². The van der Waals surface area contributed by atoms with Crippen molar-refractivity contribution < 1.29 is 9.18 Å². The molecule has 1 rings (SSSR count). The summed E-state index contributed by atoms with van der Waals surface area (Å²) in [5.74, 6) is -0.256. The minimum absolute atomic E-state index is 0.256. The van der Waals surface area contributed by atoms with Gasteiger partial charge in [-0.25, -0.2) is 4.39 Å². The van der Waals surface area contributed by atoms with E-state index in [1.807, 2.05) is 0 Å². The Balaban J connectivity index is 2.63. The molecule has 0 aliphatic carbocycles. The summed E-state index contributed by atoms with van der Waals surface area (Å²) in [6.45, 7) is 0. The zero-order valence-electron chi connectivity index (χ0n) is 6.01. The van der Waals surface area contributed by atoms with Gasteiger partial charge in [0.05, 0.1) is 0 Å². The van der Waals surface area contributed by atoms with E-state index in [4.69, 9.17) is 0 Å². The molecule has 1 nitrogen and oxygen atoms in total. The first kappa shape index (κ1) is 7.92. The number of rotatable bonds is 3. The number of hydrogen-bond donors (Lipinski definition) is 0. The molecule has 0 heterocycles. The zero-order valence-corrected chi connectivity index (χ0v) is 6.01. The summed E-state index contributed by atoms with van der Waals surface area (Å²) >= 11 is 0. The van der Waals surface area contributed by atoms with E-state index in [1.165, 1.54) is 12.1 Å². The molecule has 0 saturated heterocycles. The van der Waals surface area contributed by atoms with E-state index in [0.29, 0.717) is 12.8 Å². The summed E-state index contributed by atoms with van der Waals surface area (Å²) in [4.78, 5) is 9.84. The molecule has 1 radical (unpaired) electrons. The van der Waals surface area contributed by atoms with Gasteiger partial charge < -0.3 is 0 Å². The van der Waals surface area contributed by atoms with Crippen molar-refractivity contribution in [3.63, 3.8) is 0 Å². The van der Waals surface area contributed by atoms with Crippen LogP contribution in [0.3, 0.4) is 0 Å². The lowest BCUT2D eigenvalue weighted by Crippen LogP contribution is -1.86. The van der Waals surface area contributed by atoms with Crippen LogP contribution in [0.4, 0.5) is 4.39 Å². The Morgan fingerprint density at radius 2 is 2.27 bits per heavy atom. The van der Waals surface area contributed by atoms with Gasteiger partial charge in [0.25, 0.3) is 0 Å². The van der Waals surface area contributed by atoms with Gasteiger partial charge in [0.15, 0.2) is 6.29 Å². The highest BCUT2D eigenvalue weighted by atomic mass is 19.1. The summed E-state index contributed by atoms with van der Waals surface area (Å²) in [5, 5.41) is 0. The second kappa shape index (κ2) is 3.86. The molecule has 0 N–H and O–H groups in total. The van der Waals surface area contributed by atoms with E-state index in [2.05, 4.69) is 0 Å². The molecule has 57 valence electrons. The van der Waals surface area contributed by atoms with Gasteiger partial charge in [-0.15, -0.1) is 0 Å². The molecule has 11 heavy (non-hydrogen) atoms. The van der Waals surface area contributed by atoms with Gasteiger partial charge in [-0.3, -0.25) is 4.79 Å². The minimum Gasteiger partial charge on any atom is -0.291 e. The van der Waals surface area contributed by atoms with Crippen molar-refractivity contribution in [1.29, 1.82) is 0 Å². The SMILES string of the molecule is O=[C]CCc1cccc(F)c1. The van der Waals surface area contributed by atoms with Gasteiger partial charge in [0.1, 0.15) is 5.82 Å². The Hall–Kier alpha value is -1.18. The van der Waals surface area contributed by atoms with Crippen LogP contribution in [0.15, 0.2) is 24.3 Å². The molecule has 0 saturated carbocycles. The van der Waals surface area contributed by atoms with Crippen LogP contribution in [0.2, 0.25) is 0 Å². The van der Waals surface area contributed by atoms with Crippen molar-refractivity contribution >= 4 is 6.29 Å². The predicted octanol–water partition coefficient (Wildman–Crippen LogP) is 1.87. The van der Waals surface area contributed by atoms with E-state index in [1.54, 1.807) is 18.4 Å². The Morgan fingerprint density at radius 3 is 2.91 bits per heavy atom. The highest BCUT2D eigenvalue weighted by molar-refractivity contribution is 5.51. The Kier molecular flexibility index (Phi) is 2.78. The van der Waals surface area contributed by atoms with Crippen LogP contribution < -0.4 is 0 Å². The van der Waals surface area contributed by atoms with Crippen molar-refractivity contribution in [2.45, 2.75) is 12.8 Å². The summed E-state index contributed by atoms with van der Waals surface area (Å²) in [5.41, 5.74) is 0.841. The van der Waals surface area contributed by atoms with E-state index >= 15 is 0 Å². The molecule has 0 spiro atoms. The van der Waals surface area contributed by atoms with Crippen molar-refractivity contribution in [3.8, 4) is 0 Å². The maximum absolute atomic E-state index is 12.5. The average molecular weight is 151 g/mol. The first-order valence-electron chi connectivity index (χ1n) is 3.42. The molecule has 2 heteroatoms. The van der Waals surface area contributed by atoms with Gasteiger partial charge in [0.2, 0.25) is 0 Å². The van der Waals surface area contributed by atoms with Crippen LogP contribution in [0.1, 0.15) is 12.0 Å². The second-order valence-corrected chi connectivity index (χ2v) is 2.27. The Bertz CT molecular complexity index is 245. The van der Waals surface area contributed by atoms with Crippen LogP contribution in [0.5, 0.6) is 0 Å². The summed E-state index contributed by atoms with van der Waals surface area (Å²) in [6, 6.07) is 6.24. The fourth-order valence-corrected chi connectivity index (χ4v) is 0.888. The zero-order chi connectivity index (χ0) is 8.10. The van der Waals surface area contributed by atoms with E-state index in [9.17, 15) is 9.18 Å². The number of benzene rings is 1. The van der Waals surface area contributed by atoms with Gasteiger partial charge in [-0.1, -0.05) is 12.1 Å². The van der Waals surface area contributed by atoms with Crippen molar-refractivity contribution in [1.82, 2.24) is 0 Å². The fraction of sp³-hybridized carbons (Fsp3) is 0.222. The van der Waals surface area contributed by atoms with Crippen molar-refractivity contribution in [2.24, 2.45) is 0 Å². The minimum atomic E-state index is -0.256. The first-order chi connectivity index (χ1) is 5.33. The molecule has 0 bridgehead atoms. The molecule has 0 unspecified atom stereocenters. The van der Waals surface area contributed by atoms with E-state index in [0.717, 1.165) is 5.56 Å². The largest absolute Gasteiger partial charge is 0.291 e. The van der Waals surface area contributed by atoms with Crippen LogP contribution >= 0.6 is 0 Å². The summed E-state index contributed by atoms with van der Waals surface area (Å²) in [6.07, 6.45) is 2.67. The number of aryl methyl sites for hydroxylation is 1. The third-order valence-corrected chi connectivity index (χ3v) is 1.40. The maximum Gasteiger partial charge on any atom is 0.198 e. The molecule has 0 amide bonds. The van der Waals surface area contributed by atoms with Crippen LogP contribution in [-0.4, -0.2) is 6.29 Å². The molecule has 0 atom stereocenters. The predicted molar refractivity (Wildman–Crippen MR) is 40.4 cm³/mol. The molecule has 1 aromatic carbocycles. The molecule has 0 aliphatic heterocycles. The molecule has 1 aromatic rings. The number of hydrogen-bond acceptors (Lipinski definition) is 1. The topological polar surface area (TPSA) is 17.1 Å². The molecular weight excluding hydrogens is 143 g/mol. The van der Waals surface area contributed by atoms with E-state index in [-0.39, 0.29) is 5.82 Å². The number of halogens is 1. The van der Waals surface area contributed by atoms with Crippen molar-refractivity contribution in [3.05, 3.63) is 35.6 Å². The Morgan fingerprint density at radius 1 is 1.45 bits per heavy atom. The number of carbonyl (C=O) groups excluding carboxylic acids is 1. The molecular formula is C9H8FO. The lowest BCUT2D eigenvalue weighted by atomic mass is 10.1. The quantitative estimate of drug-likeness (QED) is 0.644. The second-order valence-electron chi connectivity index (χ2n) is 2.27. The first-order valence-corrected chi connectivity index (χ1v) is 3.42. The van der Waals surface area contributed by atoms with Crippen LogP contribution in [0, 0.1) is 5.82 Å². The monoisotopic (exact) mass is 151 g/mol. The average Bonchev–Trinajstić information content (AvgIpc) is 2.01. The third kappa shape index (κ3) is 2.50. The molecule has 0 aromatic heterocycles.